The van der Waals surface area contributed by atoms with E-state index < -0.39 is 0 Å². The third-order valence-corrected chi connectivity index (χ3v) is 3.62. The second-order valence-corrected chi connectivity index (χ2v) is 5.16. The van der Waals surface area contributed by atoms with Crippen molar-refractivity contribution >= 4 is 11.6 Å². The average molecular weight is 278 g/mol. The Morgan fingerprint density at radius 1 is 1.11 bits per heavy atom. The molecule has 0 radical (unpaired) electrons. The first kappa shape index (κ1) is 14.0. The molecule has 0 amide bonds. The smallest absolute Gasteiger partial charge is 0.142 e. The van der Waals surface area contributed by atoms with Crippen molar-refractivity contribution in [1.29, 1.82) is 0 Å². The van der Waals surface area contributed by atoms with Crippen molar-refractivity contribution in [3.63, 3.8) is 0 Å². The van der Waals surface area contributed by atoms with Crippen LogP contribution in [-0.2, 0) is 0 Å². The molecule has 0 saturated carbocycles. The maximum atomic E-state index is 13.6. The zero-order valence-electron chi connectivity index (χ0n) is 11.3. The lowest BCUT2D eigenvalue weighted by atomic mass is 9.93. The van der Waals surface area contributed by atoms with Gasteiger partial charge in [0.2, 0.25) is 0 Å². The zero-order chi connectivity index (χ0) is 14.0. The van der Waals surface area contributed by atoms with Gasteiger partial charge in [-0.1, -0.05) is 41.4 Å². The second-order valence-electron chi connectivity index (χ2n) is 4.76. The molecule has 2 rings (SSSR count). The first-order valence-corrected chi connectivity index (χ1v) is 6.60. The molecule has 0 fully saturated rings. The van der Waals surface area contributed by atoms with Crippen LogP contribution < -0.4 is 5.32 Å². The Labute approximate surface area is 118 Å². The van der Waals surface area contributed by atoms with Crippen LogP contribution in [0.1, 0.15) is 28.3 Å². The van der Waals surface area contributed by atoms with Crippen LogP contribution in [0.3, 0.4) is 0 Å². The minimum atomic E-state index is -0.385. The molecule has 2 aromatic carbocycles. The Morgan fingerprint density at radius 2 is 1.84 bits per heavy atom. The number of hydrogen-bond donors (Lipinski definition) is 1. The van der Waals surface area contributed by atoms with Crippen molar-refractivity contribution in [3.05, 3.63) is 69.5 Å². The van der Waals surface area contributed by atoms with E-state index in [2.05, 4.69) is 37.4 Å². The molecule has 1 atom stereocenters. The summed E-state index contributed by atoms with van der Waals surface area (Å²) in [4.78, 5) is 0. The van der Waals surface area contributed by atoms with Gasteiger partial charge in [-0.25, -0.2) is 4.39 Å². The van der Waals surface area contributed by atoms with Gasteiger partial charge in [0, 0.05) is 0 Å². The maximum Gasteiger partial charge on any atom is 0.142 e. The summed E-state index contributed by atoms with van der Waals surface area (Å²) in [6, 6.07) is 11.2. The molecule has 100 valence electrons. The molecule has 1 nitrogen and oxygen atoms in total. The van der Waals surface area contributed by atoms with Crippen LogP contribution >= 0.6 is 11.6 Å². The standard InChI is InChI=1S/C16H17ClFN/c1-10-4-5-11(2)13(8-10)16(19-3)12-6-7-14(17)15(18)9-12/h4-9,16,19H,1-3H3. The third kappa shape index (κ3) is 2.96. The highest BCUT2D eigenvalue weighted by Gasteiger charge is 2.15. The summed E-state index contributed by atoms with van der Waals surface area (Å²) in [7, 11) is 1.87. The maximum absolute atomic E-state index is 13.6. The van der Waals surface area contributed by atoms with Gasteiger partial charge in [-0.3, -0.25) is 0 Å². The number of aryl methyl sites for hydroxylation is 2. The van der Waals surface area contributed by atoms with Crippen LogP contribution in [0, 0.1) is 19.7 Å². The Kier molecular flexibility index (Phi) is 4.23. The molecule has 0 heterocycles. The van der Waals surface area contributed by atoms with Crippen molar-refractivity contribution in [1.82, 2.24) is 5.32 Å². The summed E-state index contributed by atoms with van der Waals surface area (Å²) in [5.74, 6) is -0.385. The highest BCUT2D eigenvalue weighted by molar-refractivity contribution is 6.30. The van der Waals surface area contributed by atoms with Crippen LogP contribution in [0.2, 0.25) is 5.02 Å². The Balaban J connectivity index is 2.49. The SMILES string of the molecule is CNC(c1ccc(Cl)c(F)c1)c1cc(C)ccc1C. The van der Waals surface area contributed by atoms with Gasteiger partial charge < -0.3 is 5.32 Å². The minimum absolute atomic E-state index is 0.0355. The molecular formula is C16H17ClFN. The first-order valence-electron chi connectivity index (χ1n) is 6.22. The van der Waals surface area contributed by atoms with Crippen LogP contribution in [0.25, 0.3) is 0 Å². The van der Waals surface area contributed by atoms with Crippen LogP contribution in [0.15, 0.2) is 36.4 Å². The molecule has 1 N–H and O–H groups in total. The molecule has 0 aromatic heterocycles. The number of nitrogens with one attached hydrogen (secondary N) is 1. The summed E-state index contributed by atoms with van der Waals surface area (Å²) in [6.45, 7) is 4.11. The molecule has 0 bridgehead atoms. The average Bonchev–Trinajstić information content (AvgIpc) is 2.38. The predicted octanol–water partition coefficient (Wildman–Crippen LogP) is 4.40. The van der Waals surface area contributed by atoms with Crippen LogP contribution in [0.5, 0.6) is 0 Å². The monoisotopic (exact) mass is 277 g/mol. The molecule has 0 aliphatic carbocycles. The normalized spacial score (nSPS) is 12.5. The molecule has 0 spiro atoms. The van der Waals surface area contributed by atoms with E-state index in [1.54, 1.807) is 6.07 Å². The van der Waals surface area contributed by atoms with Crippen molar-refractivity contribution in [3.8, 4) is 0 Å². The Morgan fingerprint density at radius 3 is 2.47 bits per heavy atom. The van der Waals surface area contributed by atoms with Gasteiger partial charge in [-0.05, 0) is 49.7 Å². The van der Waals surface area contributed by atoms with Gasteiger partial charge in [-0.15, -0.1) is 0 Å². The van der Waals surface area contributed by atoms with Crippen LogP contribution in [0.4, 0.5) is 4.39 Å². The van der Waals surface area contributed by atoms with Crippen molar-refractivity contribution in [2.24, 2.45) is 0 Å². The molecule has 0 saturated heterocycles. The number of hydrogen-bond acceptors (Lipinski definition) is 1. The first-order chi connectivity index (χ1) is 9.02. The van der Waals surface area contributed by atoms with E-state index in [0.717, 1.165) is 11.1 Å². The van der Waals surface area contributed by atoms with Crippen molar-refractivity contribution in [2.75, 3.05) is 7.05 Å². The largest absolute Gasteiger partial charge is 0.309 e. The summed E-state index contributed by atoms with van der Waals surface area (Å²) >= 11 is 5.74. The van der Waals surface area contributed by atoms with Crippen LogP contribution in [-0.4, -0.2) is 7.05 Å². The highest BCUT2D eigenvalue weighted by atomic mass is 35.5. The summed E-state index contributed by atoms with van der Waals surface area (Å²) in [5, 5.41) is 3.39. The Bertz CT molecular complexity index is 595. The fourth-order valence-corrected chi connectivity index (χ4v) is 2.38. The highest BCUT2D eigenvalue weighted by Crippen LogP contribution is 2.27. The molecule has 0 aliphatic heterocycles. The summed E-state index contributed by atoms with van der Waals surface area (Å²) in [6.07, 6.45) is 0. The zero-order valence-corrected chi connectivity index (χ0v) is 12.1. The van der Waals surface area contributed by atoms with E-state index in [0.29, 0.717) is 0 Å². The topological polar surface area (TPSA) is 12.0 Å². The molecule has 19 heavy (non-hydrogen) atoms. The number of halogens is 2. The molecule has 2 aromatic rings. The lowest BCUT2D eigenvalue weighted by molar-refractivity contribution is 0.616. The van der Waals surface area contributed by atoms with Gasteiger partial charge >= 0.3 is 0 Å². The van der Waals surface area contributed by atoms with Gasteiger partial charge in [0.25, 0.3) is 0 Å². The Hall–Kier alpha value is -1.38. The molecule has 0 aliphatic rings. The molecule has 3 heteroatoms. The minimum Gasteiger partial charge on any atom is -0.309 e. The van der Waals surface area contributed by atoms with Crippen molar-refractivity contribution in [2.45, 2.75) is 19.9 Å². The fraction of sp³-hybridized carbons (Fsp3) is 0.250. The summed E-state index contributed by atoms with van der Waals surface area (Å²) < 4.78 is 13.6. The van der Waals surface area contributed by atoms with E-state index >= 15 is 0 Å². The second kappa shape index (κ2) is 5.72. The molecule has 1 unspecified atom stereocenters. The van der Waals surface area contributed by atoms with Crippen molar-refractivity contribution < 1.29 is 4.39 Å². The van der Waals surface area contributed by atoms with E-state index in [4.69, 9.17) is 11.6 Å². The molecular weight excluding hydrogens is 261 g/mol. The number of rotatable bonds is 3. The lowest BCUT2D eigenvalue weighted by Gasteiger charge is -2.20. The fourth-order valence-electron chi connectivity index (χ4n) is 2.26. The van der Waals surface area contributed by atoms with Gasteiger partial charge in [0.1, 0.15) is 5.82 Å². The quantitative estimate of drug-likeness (QED) is 0.876. The van der Waals surface area contributed by atoms with E-state index in [1.807, 2.05) is 13.1 Å². The van der Waals surface area contributed by atoms with E-state index in [-0.39, 0.29) is 16.9 Å². The van der Waals surface area contributed by atoms with Gasteiger partial charge in [0.05, 0.1) is 11.1 Å². The summed E-state index contributed by atoms with van der Waals surface area (Å²) in [5.41, 5.74) is 4.40. The predicted molar refractivity (Wildman–Crippen MR) is 78.2 cm³/mol. The number of benzene rings is 2. The lowest BCUT2D eigenvalue weighted by Crippen LogP contribution is -2.19. The van der Waals surface area contributed by atoms with E-state index in [1.165, 1.54) is 17.2 Å². The van der Waals surface area contributed by atoms with E-state index in [9.17, 15) is 4.39 Å². The third-order valence-electron chi connectivity index (χ3n) is 3.31. The van der Waals surface area contributed by atoms with Gasteiger partial charge in [0.15, 0.2) is 0 Å². The van der Waals surface area contributed by atoms with Gasteiger partial charge in [-0.2, -0.15) is 0 Å².